The van der Waals surface area contributed by atoms with E-state index in [0.717, 1.165) is 24.8 Å². The number of hydrogen-bond donors (Lipinski definition) is 0. The van der Waals surface area contributed by atoms with Crippen molar-refractivity contribution in [3.63, 3.8) is 0 Å². The maximum atomic E-state index is 13.3. The van der Waals surface area contributed by atoms with Gasteiger partial charge in [-0.3, -0.25) is 10.1 Å². The second-order valence-corrected chi connectivity index (χ2v) is 4.88. The van der Waals surface area contributed by atoms with Crippen LogP contribution in [0.15, 0.2) is 18.2 Å². The van der Waals surface area contributed by atoms with Gasteiger partial charge in [0.25, 0.3) is 0 Å². The van der Waals surface area contributed by atoms with Crippen molar-refractivity contribution >= 4 is 21.6 Å². The van der Waals surface area contributed by atoms with Gasteiger partial charge in [0.1, 0.15) is 0 Å². The van der Waals surface area contributed by atoms with Crippen molar-refractivity contribution in [1.29, 1.82) is 0 Å². The van der Waals surface area contributed by atoms with Gasteiger partial charge in [-0.05, 0) is 30.9 Å². The summed E-state index contributed by atoms with van der Waals surface area (Å²) < 4.78 is 13.3. The molecule has 0 N–H and O–H groups in total. The van der Waals surface area contributed by atoms with Crippen molar-refractivity contribution in [2.24, 2.45) is 0 Å². The van der Waals surface area contributed by atoms with Crippen LogP contribution in [0.5, 0.6) is 0 Å². The lowest BCUT2D eigenvalue weighted by atomic mass is 10.1. The van der Waals surface area contributed by atoms with E-state index in [9.17, 15) is 14.5 Å². The molecular weight excluding hydrogens is 277 g/mol. The molecule has 3 nitrogen and oxygen atoms in total. The Labute approximate surface area is 102 Å². The molecule has 1 rings (SSSR count). The molecule has 0 amide bonds. The maximum absolute atomic E-state index is 13.3. The highest BCUT2D eigenvalue weighted by atomic mass is 79.9. The van der Waals surface area contributed by atoms with Crippen LogP contribution in [0.25, 0.3) is 0 Å². The summed E-state index contributed by atoms with van der Waals surface area (Å²) in [6.07, 6.45) is 2.63. The third-order valence-corrected chi connectivity index (χ3v) is 3.50. The minimum absolute atomic E-state index is 0.408. The summed E-state index contributed by atoms with van der Waals surface area (Å²) in [5, 5.41) is 10.4. The molecular formula is C11H13BrFNO2. The maximum Gasteiger partial charge on any atom is 0.304 e. The van der Waals surface area contributed by atoms with Crippen molar-refractivity contribution in [2.75, 3.05) is 0 Å². The predicted molar refractivity (Wildman–Crippen MR) is 64.4 cm³/mol. The van der Waals surface area contributed by atoms with Crippen molar-refractivity contribution in [3.05, 3.63) is 39.7 Å². The zero-order chi connectivity index (χ0) is 12.1. The molecule has 0 aliphatic rings. The van der Waals surface area contributed by atoms with Gasteiger partial charge in [0.05, 0.1) is 4.92 Å². The van der Waals surface area contributed by atoms with Gasteiger partial charge in [-0.15, -0.1) is 0 Å². The third kappa shape index (κ3) is 3.56. The number of nitrogens with zero attached hydrogens (tertiary/aromatic N) is 1. The highest BCUT2D eigenvalue weighted by molar-refractivity contribution is 9.09. The summed E-state index contributed by atoms with van der Waals surface area (Å²) in [5.41, 5.74) is 0.329. The molecule has 0 aromatic heterocycles. The number of alkyl halides is 1. The highest BCUT2D eigenvalue weighted by Gasteiger charge is 2.13. The van der Waals surface area contributed by atoms with Crippen LogP contribution in [-0.2, 0) is 6.42 Å². The van der Waals surface area contributed by atoms with Gasteiger partial charge >= 0.3 is 5.69 Å². The summed E-state index contributed by atoms with van der Waals surface area (Å²) in [4.78, 5) is 10.1. The first-order valence-electron chi connectivity index (χ1n) is 5.11. The standard InChI is InChI=1S/C11H13BrFNO2/c1-2-9(12)5-3-8-4-6-11(14(15)16)10(13)7-8/h4,6-7,9H,2-3,5H2,1H3. The van der Waals surface area contributed by atoms with E-state index in [1.54, 1.807) is 6.07 Å². The van der Waals surface area contributed by atoms with Crippen LogP contribution in [-0.4, -0.2) is 9.75 Å². The fourth-order valence-corrected chi connectivity index (χ4v) is 1.61. The SMILES string of the molecule is CCC(Br)CCc1ccc([N+](=O)[O-])c(F)c1. The van der Waals surface area contributed by atoms with E-state index in [1.165, 1.54) is 12.1 Å². The summed E-state index contributed by atoms with van der Waals surface area (Å²) >= 11 is 3.49. The first-order valence-corrected chi connectivity index (χ1v) is 6.03. The Balaban J connectivity index is 2.70. The number of halogens is 2. The number of aryl methyl sites for hydroxylation is 1. The van der Waals surface area contributed by atoms with E-state index >= 15 is 0 Å². The minimum Gasteiger partial charge on any atom is -0.258 e. The Morgan fingerprint density at radius 3 is 2.75 bits per heavy atom. The monoisotopic (exact) mass is 289 g/mol. The lowest BCUT2D eigenvalue weighted by Gasteiger charge is -2.06. The Kier molecular flexibility index (Phi) is 4.86. The molecule has 1 aromatic rings. The van der Waals surface area contributed by atoms with Crippen molar-refractivity contribution in [3.8, 4) is 0 Å². The molecule has 5 heteroatoms. The van der Waals surface area contributed by atoms with Crippen LogP contribution < -0.4 is 0 Å². The van der Waals surface area contributed by atoms with Gasteiger partial charge < -0.3 is 0 Å². The second kappa shape index (κ2) is 5.94. The summed E-state index contributed by atoms with van der Waals surface area (Å²) in [5.74, 6) is -0.759. The van der Waals surface area contributed by atoms with Gasteiger partial charge in [-0.1, -0.05) is 28.9 Å². The average Bonchev–Trinajstić information content (AvgIpc) is 2.25. The molecule has 88 valence electrons. The molecule has 1 atom stereocenters. The average molecular weight is 290 g/mol. The van der Waals surface area contributed by atoms with Gasteiger partial charge in [0.15, 0.2) is 0 Å². The molecule has 0 radical (unpaired) electrons. The second-order valence-electron chi connectivity index (χ2n) is 3.59. The van der Waals surface area contributed by atoms with E-state index in [2.05, 4.69) is 22.9 Å². The zero-order valence-electron chi connectivity index (χ0n) is 8.95. The fourth-order valence-electron chi connectivity index (χ4n) is 1.38. The molecule has 1 aromatic carbocycles. The largest absolute Gasteiger partial charge is 0.304 e. The number of nitro groups is 1. The minimum atomic E-state index is -0.759. The van der Waals surface area contributed by atoms with E-state index in [-0.39, 0.29) is 0 Å². The van der Waals surface area contributed by atoms with Gasteiger partial charge in [-0.25, -0.2) is 0 Å². The van der Waals surface area contributed by atoms with E-state index in [4.69, 9.17) is 0 Å². The highest BCUT2D eigenvalue weighted by Crippen LogP contribution is 2.20. The quantitative estimate of drug-likeness (QED) is 0.470. The number of nitro benzene ring substituents is 1. The smallest absolute Gasteiger partial charge is 0.258 e. The van der Waals surface area contributed by atoms with Gasteiger partial charge in [0, 0.05) is 10.9 Å². The van der Waals surface area contributed by atoms with Crippen LogP contribution in [0, 0.1) is 15.9 Å². The van der Waals surface area contributed by atoms with Crippen LogP contribution >= 0.6 is 15.9 Å². The Hall–Kier alpha value is -0.970. The van der Waals surface area contributed by atoms with Crippen LogP contribution in [0.1, 0.15) is 25.3 Å². The van der Waals surface area contributed by atoms with E-state index in [0.29, 0.717) is 4.83 Å². The normalized spacial score (nSPS) is 12.4. The molecule has 0 saturated heterocycles. The summed E-state index contributed by atoms with van der Waals surface area (Å²) in [6.45, 7) is 2.07. The Bertz CT molecular complexity index is 384. The van der Waals surface area contributed by atoms with Crippen molar-refractivity contribution in [1.82, 2.24) is 0 Å². The molecule has 0 heterocycles. The predicted octanol–water partition coefficient (Wildman–Crippen LogP) is 3.84. The molecule has 0 aliphatic heterocycles. The van der Waals surface area contributed by atoms with E-state index < -0.39 is 16.4 Å². The summed E-state index contributed by atoms with van der Waals surface area (Å²) in [7, 11) is 0. The lowest BCUT2D eigenvalue weighted by Crippen LogP contribution is -1.99. The summed E-state index contributed by atoms with van der Waals surface area (Å²) in [6, 6.07) is 4.07. The molecule has 0 spiro atoms. The molecule has 1 unspecified atom stereocenters. The molecule has 0 saturated carbocycles. The Morgan fingerprint density at radius 2 is 2.25 bits per heavy atom. The lowest BCUT2D eigenvalue weighted by molar-refractivity contribution is -0.387. The topological polar surface area (TPSA) is 43.1 Å². The first-order chi connectivity index (χ1) is 7.54. The van der Waals surface area contributed by atoms with E-state index in [1.807, 2.05) is 0 Å². The first kappa shape index (κ1) is 13.1. The van der Waals surface area contributed by atoms with Gasteiger partial charge in [-0.2, -0.15) is 4.39 Å². The number of rotatable bonds is 5. The Morgan fingerprint density at radius 1 is 1.56 bits per heavy atom. The van der Waals surface area contributed by atoms with Crippen molar-refractivity contribution in [2.45, 2.75) is 31.0 Å². The molecule has 0 fully saturated rings. The third-order valence-electron chi connectivity index (χ3n) is 2.40. The van der Waals surface area contributed by atoms with Crippen molar-refractivity contribution < 1.29 is 9.31 Å². The zero-order valence-corrected chi connectivity index (χ0v) is 10.5. The molecule has 0 bridgehead atoms. The number of benzene rings is 1. The molecule has 16 heavy (non-hydrogen) atoms. The fraction of sp³-hybridized carbons (Fsp3) is 0.455. The van der Waals surface area contributed by atoms with Crippen LogP contribution in [0.3, 0.4) is 0 Å². The van der Waals surface area contributed by atoms with Crippen LogP contribution in [0.2, 0.25) is 0 Å². The van der Waals surface area contributed by atoms with Crippen LogP contribution in [0.4, 0.5) is 10.1 Å². The van der Waals surface area contributed by atoms with Gasteiger partial charge in [0.2, 0.25) is 5.82 Å². The molecule has 0 aliphatic carbocycles. The number of hydrogen-bond acceptors (Lipinski definition) is 2.